The van der Waals surface area contributed by atoms with E-state index in [0.29, 0.717) is 6.54 Å². The lowest BCUT2D eigenvalue weighted by Crippen LogP contribution is -2.43. The predicted molar refractivity (Wildman–Crippen MR) is 60.9 cm³/mol. The zero-order valence-electron chi connectivity index (χ0n) is 9.69. The highest BCUT2D eigenvalue weighted by molar-refractivity contribution is 5.78. The van der Waals surface area contributed by atoms with Crippen LogP contribution in [-0.4, -0.2) is 32.8 Å². The molecule has 1 aliphatic rings. The molecule has 1 unspecified atom stereocenters. The van der Waals surface area contributed by atoms with E-state index in [1.807, 2.05) is 37.1 Å². The van der Waals surface area contributed by atoms with Crippen molar-refractivity contribution >= 4 is 11.7 Å². The van der Waals surface area contributed by atoms with Gasteiger partial charge in [0.15, 0.2) is 0 Å². The lowest BCUT2D eigenvalue weighted by molar-refractivity contribution is -0.148. The second-order valence-electron chi connectivity index (χ2n) is 3.98. The van der Waals surface area contributed by atoms with Crippen molar-refractivity contribution in [1.82, 2.24) is 0 Å². The average Bonchev–Trinajstić information content (AvgIpc) is 2.28. The fourth-order valence-electron chi connectivity index (χ4n) is 1.82. The van der Waals surface area contributed by atoms with Crippen LogP contribution < -0.4 is 9.64 Å². The Bertz CT molecular complexity index is 417. The van der Waals surface area contributed by atoms with Gasteiger partial charge < -0.3 is 14.4 Å². The van der Waals surface area contributed by atoms with Gasteiger partial charge >= 0.3 is 5.97 Å². The third-order valence-corrected chi connectivity index (χ3v) is 2.70. The minimum atomic E-state index is -0.537. The first-order valence-corrected chi connectivity index (χ1v) is 5.18. The summed E-state index contributed by atoms with van der Waals surface area (Å²) in [5.41, 5.74) is 2.19. The molecule has 0 aromatic heterocycles. The number of rotatable bonds is 1. The lowest BCUT2D eigenvalue weighted by atomic mass is 10.1. The number of hydrogen-bond acceptors (Lipinski definition) is 4. The van der Waals surface area contributed by atoms with Gasteiger partial charge in [0.1, 0.15) is 5.75 Å². The summed E-state index contributed by atoms with van der Waals surface area (Å²) in [6.45, 7) is 2.55. The van der Waals surface area contributed by atoms with Gasteiger partial charge in [0.25, 0.3) is 0 Å². The molecule has 0 saturated heterocycles. The first-order chi connectivity index (χ1) is 7.61. The molecule has 0 N–H and O–H groups in total. The highest BCUT2D eigenvalue weighted by Crippen LogP contribution is 2.33. The smallest absolute Gasteiger partial charge is 0.348 e. The SMILES string of the molecule is COC(=O)C1CN(C)c2cc(C)ccc2O1. The van der Waals surface area contributed by atoms with E-state index in [1.165, 1.54) is 12.7 Å². The highest BCUT2D eigenvalue weighted by Gasteiger charge is 2.29. The Balaban J connectivity index is 2.30. The van der Waals surface area contributed by atoms with Crippen LogP contribution in [0.1, 0.15) is 5.56 Å². The number of anilines is 1. The van der Waals surface area contributed by atoms with Gasteiger partial charge in [0.05, 0.1) is 19.3 Å². The maximum atomic E-state index is 11.4. The van der Waals surface area contributed by atoms with Gasteiger partial charge in [-0.15, -0.1) is 0 Å². The second kappa shape index (κ2) is 4.04. The maximum Gasteiger partial charge on any atom is 0.348 e. The van der Waals surface area contributed by atoms with Crippen LogP contribution in [0.25, 0.3) is 0 Å². The van der Waals surface area contributed by atoms with E-state index >= 15 is 0 Å². The molecule has 4 heteroatoms. The number of aryl methyl sites for hydroxylation is 1. The van der Waals surface area contributed by atoms with Gasteiger partial charge in [0, 0.05) is 7.05 Å². The first-order valence-electron chi connectivity index (χ1n) is 5.18. The first kappa shape index (κ1) is 10.8. The van der Waals surface area contributed by atoms with Crippen LogP contribution >= 0.6 is 0 Å². The molecule has 0 radical (unpaired) electrons. The standard InChI is InChI=1S/C12H15NO3/c1-8-4-5-10-9(6-8)13(2)7-11(16-10)12(14)15-3/h4-6,11H,7H2,1-3H3. The summed E-state index contributed by atoms with van der Waals surface area (Å²) in [5.74, 6) is 0.396. The quantitative estimate of drug-likeness (QED) is 0.671. The highest BCUT2D eigenvalue weighted by atomic mass is 16.6. The molecule has 0 spiro atoms. The molecule has 1 heterocycles. The van der Waals surface area contributed by atoms with Crippen molar-refractivity contribution in [3.63, 3.8) is 0 Å². The summed E-state index contributed by atoms with van der Waals surface area (Å²) in [5, 5.41) is 0. The summed E-state index contributed by atoms with van der Waals surface area (Å²) in [6, 6.07) is 5.89. The number of esters is 1. The fraction of sp³-hybridized carbons (Fsp3) is 0.417. The predicted octanol–water partition coefficient (Wildman–Crippen LogP) is 1.37. The van der Waals surface area contributed by atoms with E-state index in [2.05, 4.69) is 4.74 Å². The Kier molecular flexibility index (Phi) is 2.73. The van der Waals surface area contributed by atoms with Gasteiger partial charge in [0.2, 0.25) is 6.10 Å². The van der Waals surface area contributed by atoms with Gasteiger partial charge in [-0.25, -0.2) is 4.79 Å². The summed E-state index contributed by atoms with van der Waals surface area (Å²) < 4.78 is 10.3. The normalized spacial score (nSPS) is 18.7. The number of methoxy groups -OCH3 is 1. The Labute approximate surface area is 94.8 Å². The van der Waals surface area contributed by atoms with E-state index in [4.69, 9.17) is 4.74 Å². The van der Waals surface area contributed by atoms with E-state index in [9.17, 15) is 4.79 Å². The Hall–Kier alpha value is -1.71. The molecular weight excluding hydrogens is 206 g/mol. The minimum Gasteiger partial charge on any atom is -0.475 e. The number of ether oxygens (including phenoxy) is 2. The molecule has 0 amide bonds. The average molecular weight is 221 g/mol. The van der Waals surface area contributed by atoms with Gasteiger partial charge in [-0.05, 0) is 24.6 Å². The second-order valence-corrected chi connectivity index (χ2v) is 3.98. The van der Waals surface area contributed by atoms with Crippen molar-refractivity contribution in [2.75, 3.05) is 25.6 Å². The van der Waals surface area contributed by atoms with Crippen molar-refractivity contribution in [1.29, 1.82) is 0 Å². The van der Waals surface area contributed by atoms with E-state index < -0.39 is 6.10 Å². The van der Waals surface area contributed by atoms with Crippen LogP contribution in [0.2, 0.25) is 0 Å². The molecule has 4 nitrogen and oxygen atoms in total. The molecular formula is C12H15NO3. The zero-order chi connectivity index (χ0) is 11.7. The van der Waals surface area contributed by atoms with E-state index in [1.54, 1.807) is 0 Å². The van der Waals surface area contributed by atoms with Gasteiger partial charge in [-0.1, -0.05) is 6.07 Å². The molecule has 86 valence electrons. The maximum absolute atomic E-state index is 11.4. The molecule has 0 saturated carbocycles. The Morgan fingerprint density at radius 2 is 2.31 bits per heavy atom. The van der Waals surface area contributed by atoms with Gasteiger partial charge in [-0.2, -0.15) is 0 Å². The lowest BCUT2D eigenvalue weighted by Gasteiger charge is -2.32. The van der Waals surface area contributed by atoms with Crippen LogP contribution in [-0.2, 0) is 9.53 Å². The topological polar surface area (TPSA) is 38.8 Å². The summed E-state index contributed by atoms with van der Waals surface area (Å²) in [7, 11) is 3.31. The molecule has 2 rings (SSSR count). The van der Waals surface area contributed by atoms with Crippen LogP contribution in [0, 0.1) is 6.92 Å². The van der Waals surface area contributed by atoms with Crippen molar-refractivity contribution in [2.24, 2.45) is 0 Å². The molecule has 1 atom stereocenters. The summed E-state index contributed by atoms with van der Waals surface area (Å²) in [4.78, 5) is 13.4. The van der Waals surface area contributed by atoms with E-state index in [-0.39, 0.29) is 5.97 Å². The molecule has 1 aliphatic heterocycles. The van der Waals surface area contributed by atoms with Crippen molar-refractivity contribution in [3.05, 3.63) is 23.8 Å². The third-order valence-electron chi connectivity index (χ3n) is 2.70. The third kappa shape index (κ3) is 1.83. The summed E-state index contributed by atoms with van der Waals surface area (Å²) in [6.07, 6.45) is -0.537. The summed E-state index contributed by atoms with van der Waals surface area (Å²) >= 11 is 0. The zero-order valence-corrected chi connectivity index (χ0v) is 9.69. The number of benzene rings is 1. The Morgan fingerprint density at radius 3 is 3.00 bits per heavy atom. The molecule has 1 aromatic rings. The van der Waals surface area contributed by atoms with Crippen molar-refractivity contribution in [3.8, 4) is 5.75 Å². The number of hydrogen-bond donors (Lipinski definition) is 0. The molecule has 0 aliphatic carbocycles. The largest absolute Gasteiger partial charge is 0.475 e. The molecule has 1 aromatic carbocycles. The number of carbonyl (C=O) groups is 1. The minimum absolute atomic E-state index is 0.335. The van der Waals surface area contributed by atoms with Crippen molar-refractivity contribution in [2.45, 2.75) is 13.0 Å². The van der Waals surface area contributed by atoms with Crippen LogP contribution in [0.15, 0.2) is 18.2 Å². The fourth-order valence-corrected chi connectivity index (χ4v) is 1.82. The number of fused-ring (bicyclic) bond motifs is 1. The Morgan fingerprint density at radius 1 is 1.56 bits per heavy atom. The number of likely N-dealkylation sites (N-methyl/N-ethyl adjacent to an activating group) is 1. The number of nitrogens with zero attached hydrogens (tertiary/aromatic N) is 1. The molecule has 16 heavy (non-hydrogen) atoms. The van der Waals surface area contributed by atoms with E-state index in [0.717, 1.165) is 11.4 Å². The molecule has 0 bridgehead atoms. The van der Waals surface area contributed by atoms with Crippen LogP contribution in [0.3, 0.4) is 0 Å². The molecule has 0 fully saturated rings. The number of carbonyl (C=O) groups excluding carboxylic acids is 1. The van der Waals surface area contributed by atoms with Gasteiger partial charge in [-0.3, -0.25) is 0 Å². The van der Waals surface area contributed by atoms with Crippen LogP contribution in [0.5, 0.6) is 5.75 Å². The van der Waals surface area contributed by atoms with Crippen LogP contribution in [0.4, 0.5) is 5.69 Å². The van der Waals surface area contributed by atoms with Crippen molar-refractivity contribution < 1.29 is 14.3 Å². The monoisotopic (exact) mass is 221 g/mol.